The second kappa shape index (κ2) is 8.56. The standard InChI is InChI=1S/C21H16ClN3O4S/c22-16-8-12-18(13-9-16)28-14-20-23-21(24-29-20)15-6-10-17(11-7-15)25-30(26,27)19-4-2-1-3-5-19/h1-13,25H,14H2. The molecule has 0 radical (unpaired) electrons. The lowest BCUT2D eigenvalue weighted by atomic mass is 10.2. The summed E-state index contributed by atoms with van der Waals surface area (Å²) >= 11 is 5.84. The van der Waals surface area contributed by atoms with E-state index in [9.17, 15) is 8.42 Å². The Balaban J connectivity index is 1.41. The number of ether oxygens (including phenoxy) is 1. The summed E-state index contributed by atoms with van der Waals surface area (Å²) in [5.41, 5.74) is 1.11. The van der Waals surface area contributed by atoms with Gasteiger partial charge in [-0.15, -0.1) is 0 Å². The number of hydrogen-bond donors (Lipinski definition) is 1. The van der Waals surface area contributed by atoms with E-state index in [-0.39, 0.29) is 11.5 Å². The van der Waals surface area contributed by atoms with Crippen LogP contribution >= 0.6 is 11.6 Å². The molecule has 1 N–H and O–H groups in total. The van der Waals surface area contributed by atoms with Gasteiger partial charge >= 0.3 is 0 Å². The molecule has 0 bridgehead atoms. The van der Waals surface area contributed by atoms with Gasteiger partial charge in [0.15, 0.2) is 6.61 Å². The quantitative estimate of drug-likeness (QED) is 0.444. The lowest BCUT2D eigenvalue weighted by Gasteiger charge is -2.08. The molecule has 0 amide bonds. The van der Waals surface area contributed by atoms with Crippen molar-refractivity contribution in [3.8, 4) is 17.1 Å². The topological polar surface area (TPSA) is 94.3 Å². The van der Waals surface area contributed by atoms with Gasteiger partial charge in [-0.25, -0.2) is 8.42 Å². The van der Waals surface area contributed by atoms with Crippen LogP contribution in [0.25, 0.3) is 11.4 Å². The molecule has 0 spiro atoms. The first-order valence-electron chi connectivity index (χ1n) is 8.89. The van der Waals surface area contributed by atoms with Gasteiger partial charge in [0.1, 0.15) is 5.75 Å². The molecule has 0 aliphatic carbocycles. The molecule has 0 aliphatic heterocycles. The van der Waals surface area contributed by atoms with Gasteiger partial charge in [0, 0.05) is 16.3 Å². The van der Waals surface area contributed by atoms with Crippen LogP contribution in [0.15, 0.2) is 88.3 Å². The van der Waals surface area contributed by atoms with E-state index in [1.165, 1.54) is 12.1 Å². The van der Waals surface area contributed by atoms with Crippen LogP contribution in [0.5, 0.6) is 5.75 Å². The van der Waals surface area contributed by atoms with E-state index in [0.29, 0.717) is 33.7 Å². The Morgan fingerprint density at radius 3 is 2.33 bits per heavy atom. The fourth-order valence-corrected chi connectivity index (χ4v) is 3.81. The maximum atomic E-state index is 12.4. The molecule has 0 saturated carbocycles. The SMILES string of the molecule is O=S(=O)(Nc1ccc(-c2noc(COc3ccc(Cl)cc3)n2)cc1)c1ccccc1. The Bertz CT molecular complexity index is 1230. The van der Waals surface area contributed by atoms with Crippen molar-refractivity contribution in [1.82, 2.24) is 10.1 Å². The van der Waals surface area contributed by atoms with Crippen LogP contribution in [0, 0.1) is 0 Å². The molecule has 0 aliphatic rings. The molecule has 7 nitrogen and oxygen atoms in total. The largest absolute Gasteiger partial charge is 0.484 e. The highest BCUT2D eigenvalue weighted by molar-refractivity contribution is 7.92. The van der Waals surface area contributed by atoms with Crippen LogP contribution in [-0.2, 0) is 16.6 Å². The minimum atomic E-state index is -3.65. The minimum absolute atomic E-state index is 0.115. The van der Waals surface area contributed by atoms with E-state index in [4.69, 9.17) is 20.9 Å². The monoisotopic (exact) mass is 441 g/mol. The molecular formula is C21H16ClN3O4S. The molecule has 4 aromatic rings. The van der Waals surface area contributed by atoms with E-state index < -0.39 is 10.0 Å². The summed E-state index contributed by atoms with van der Waals surface area (Å²) in [7, 11) is -3.65. The zero-order valence-corrected chi connectivity index (χ0v) is 17.1. The second-order valence-electron chi connectivity index (χ2n) is 6.25. The zero-order chi connectivity index (χ0) is 21.0. The van der Waals surface area contributed by atoms with E-state index in [0.717, 1.165) is 0 Å². The van der Waals surface area contributed by atoms with E-state index in [1.54, 1.807) is 66.7 Å². The number of sulfonamides is 1. The van der Waals surface area contributed by atoms with Crippen molar-refractivity contribution in [2.24, 2.45) is 0 Å². The fraction of sp³-hybridized carbons (Fsp3) is 0.0476. The first-order valence-corrected chi connectivity index (χ1v) is 10.7. The highest BCUT2D eigenvalue weighted by Gasteiger charge is 2.14. The molecule has 0 saturated heterocycles. The molecule has 152 valence electrons. The molecule has 3 aromatic carbocycles. The number of anilines is 1. The van der Waals surface area contributed by atoms with Crippen molar-refractivity contribution in [2.45, 2.75) is 11.5 Å². The third-order valence-electron chi connectivity index (χ3n) is 4.09. The second-order valence-corrected chi connectivity index (χ2v) is 8.37. The van der Waals surface area contributed by atoms with Gasteiger partial charge in [0.2, 0.25) is 5.82 Å². The maximum Gasteiger partial charge on any atom is 0.264 e. The Kier molecular flexibility index (Phi) is 5.69. The predicted molar refractivity (Wildman–Crippen MR) is 113 cm³/mol. The lowest BCUT2D eigenvalue weighted by molar-refractivity contribution is 0.243. The number of nitrogens with zero attached hydrogens (tertiary/aromatic N) is 2. The highest BCUT2D eigenvalue weighted by atomic mass is 35.5. The molecule has 9 heteroatoms. The summed E-state index contributed by atoms with van der Waals surface area (Å²) in [6, 6.07) is 21.8. The van der Waals surface area contributed by atoms with Crippen LogP contribution in [0.2, 0.25) is 5.02 Å². The van der Waals surface area contributed by atoms with Crippen LogP contribution in [0.1, 0.15) is 5.89 Å². The number of hydrogen-bond acceptors (Lipinski definition) is 6. The summed E-state index contributed by atoms with van der Waals surface area (Å²) < 4.78 is 38.1. The summed E-state index contributed by atoms with van der Waals surface area (Å²) in [6.07, 6.45) is 0. The van der Waals surface area contributed by atoms with Gasteiger partial charge < -0.3 is 9.26 Å². The van der Waals surface area contributed by atoms with E-state index in [1.807, 2.05) is 0 Å². The Labute approximate surface area is 178 Å². The third-order valence-corrected chi connectivity index (χ3v) is 5.74. The van der Waals surface area contributed by atoms with Crippen molar-refractivity contribution >= 4 is 27.3 Å². The van der Waals surface area contributed by atoms with Crippen LogP contribution in [0.3, 0.4) is 0 Å². The van der Waals surface area contributed by atoms with Gasteiger partial charge in [-0.2, -0.15) is 4.98 Å². The van der Waals surface area contributed by atoms with Crippen LogP contribution in [0.4, 0.5) is 5.69 Å². The summed E-state index contributed by atoms with van der Waals surface area (Å²) in [4.78, 5) is 4.49. The number of benzene rings is 3. The fourth-order valence-electron chi connectivity index (χ4n) is 2.61. The van der Waals surface area contributed by atoms with Gasteiger partial charge in [0.05, 0.1) is 4.90 Å². The minimum Gasteiger partial charge on any atom is -0.484 e. The Morgan fingerprint density at radius 2 is 1.63 bits per heavy atom. The van der Waals surface area contributed by atoms with Crippen molar-refractivity contribution in [3.63, 3.8) is 0 Å². The molecule has 0 fully saturated rings. The average Bonchev–Trinajstić information content (AvgIpc) is 3.23. The zero-order valence-electron chi connectivity index (χ0n) is 15.5. The van der Waals surface area contributed by atoms with Crippen molar-refractivity contribution in [3.05, 3.63) is 89.8 Å². The van der Waals surface area contributed by atoms with Gasteiger partial charge in [0.25, 0.3) is 15.9 Å². The first kappa shape index (κ1) is 19.9. The normalized spacial score (nSPS) is 11.2. The Morgan fingerprint density at radius 1 is 0.933 bits per heavy atom. The van der Waals surface area contributed by atoms with Gasteiger partial charge in [-0.1, -0.05) is 35.0 Å². The molecule has 1 aromatic heterocycles. The molecule has 30 heavy (non-hydrogen) atoms. The Hall–Kier alpha value is -3.36. The third kappa shape index (κ3) is 4.79. The van der Waals surface area contributed by atoms with Crippen LogP contribution in [-0.4, -0.2) is 18.6 Å². The summed E-state index contributed by atoms with van der Waals surface area (Å²) in [6.45, 7) is 0.115. The van der Waals surface area contributed by atoms with Crippen LogP contribution < -0.4 is 9.46 Å². The van der Waals surface area contributed by atoms with Crippen molar-refractivity contribution in [1.29, 1.82) is 0 Å². The molecule has 0 atom stereocenters. The molecular weight excluding hydrogens is 426 g/mol. The molecule has 1 heterocycles. The number of rotatable bonds is 7. The average molecular weight is 442 g/mol. The van der Waals surface area contributed by atoms with Crippen molar-refractivity contribution in [2.75, 3.05) is 4.72 Å². The predicted octanol–water partition coefficient (Wildman–Crippen LogP) is 4.77. The molecule has 0 unspecified atom stereocenters. The van der Waals surface area contributed by atoms with Gasteiger partial charge in [-0.3, -0.25) is 4.72 Å². The molecule has 4 rings (SSSR count). The smallest absolute Gasteiger partial charge is 0.264 e. The summed E-state index contributed by atoms with van der Waals surface area (Å²) in [5, 5.41) is 4.56. The summed E-state index contributed by atoms with van der Waals surface area (Å²) in [5.74, 6) is 1.32. The maximum absolute atomic E-state index is 12.4. The van der Waals surface area contributed by atoms with E-state index in [2.05, 4.69) is 14.9 Å². The van der Waals surface area contributed by atoms with E-state index >= 15 is 0 Å². The number of halogens is 1. The lowest BCUT2D eigenvalue weighted by Crippen LogP contribution is -2.12. The number of nitrogens with one attached hydrogen (secondary N) is 1. The first-order chi connectivity index (χ1) is 14.5. The number of aromatic nitrogens is 2. The van der Waals surface area contributed by atoms with Gasteiger partial charge in [-0.05, 0) is 60.7 Å². The highest BCUT2D eigenvalue weighted by Crippen LogP contribution is 2.22. The van der Waals surface area contributed by atoms with Crippen molar-refractivity contribution < 1.29 is 17.7 Å².